The van der Waals surface area contributed by atoms with Gasteiger partial charge in [-0.25, -0.2) is 4.79 Å². The number of nitrogens with one attached hydrogen (secondary N) is 1. The molecule has 1 aliphatic rings. The zero-order chi connectivity index (χ0) is 26.8. The van der Waals surface area contributed by atoms with Crippen LogP contribution in [0.1, 0.15) is 43.0 Å². The van der Waals surface area contributed by atoms with Crippen LogP contribution in [0.25, 0.3) is 11.1 Å². The van der Waals surface area contributed by atoms with Crippen LogP contribution in [0.3, 0.4) is 0 Å². The van der Waals surface area contributed by atoms with Gasteiger partial charge in [-0.2, -0.15) is 13.2 Å². The smallest absolute Gasteiger partial charge is 0.416 e. The van der Waals surface area contributed by atoms with Crippen LogP contribution in [0.2, 0.25) is 0 Å². The fraction of sp³-hybridized carbons (Fsp3) is 0.345. The zero-order valence-electron chi connectivity index (χ0n) is 21.4. The van der Waals surface area contributed by atoms with E-state index in [2.05, 4.69) is 5.32 Å². The maximum Gasteiger partial charge on any atom is 0.416 e. The van der Waals surface area contributed by atoms with Crippen LogP contribution in [0.4, 0.5) is 23.7 Å². The molecule has 0 saturated carbocycles. The number of halogens is 3. The highest BCUT2D eigenvalue weighted by Gasteiger charge is 2.30. The summed E-state index contributed by atoms with van der Waals surface area (Å²) < 4.78 is 50.2. The second kappa shape index (κ2) is 10.4. The highest BCUT2D eigenvalue weighted by atomic mass is 19.4. The van der Waals surface area contributed by atoms with E-state index in [1.807, 2.05) is 57.2 Å². The van der Waals surface area contributed by atoms with Crippen LogP contribution in [0, 0.1) is 0 Å². The van der Waals surface area contributed by atoms with E-state index in [9.17, 15) is 18.0 Å². The summed E-state index contributed by atoms with van der Waals surface area (Å²) in [4.78, 5) is 14.3. The van der Waals surface area contributed by atoms with Crippen LogP contribution in [-0.2, 0) is 30.4 Å². The molecule has 0 atom stereocenters. The number of hydrogen-bond acceptors (Lipinski definition) is 4. The molecule has 3 aromatic rings. The Morgan fingerprint density at radius 1 is 0.973 bits per heavy atom. The molecule has 0 bridgehead atoms. The minimum absolute atomic E-state index is 0.372. The molecule has 5 nitrogen and oxygen atoms in total. The quantitative estimate of drug-likeness (QED) is 0.390. The van der Waals surface area contributed by atoms with Gasteiger partial charge in [0.05, 0.1) is 12.7 Å². The van der Waals surface area contributed by atoms with E-state index in [1.165, 1.54) is 12.1 Å². The van der Waals surface area contributed by atoms with Crippen molar-refractivity contribution in [1.29, 1.82) is 0 Å². The molecule has 0 radical (unpaired) electrons. The van der Waals surface area contributed by atoms with Crippen molar-refractivity contribution >= 4 is 11.8 Å². The Balaban J connectivity index is 1.65. The van der Waals surface area contributed by atoms with Gasteiger partial charge in [-0.15, -0.1) is 0 Å². The molecule has 3 aromatic carbocycles. The molecule has 0 spiro atoms. The molecule has 0 aromatic heterocycles. The number of ether oxygens (including phenoxy) is 2. The molecule has 0 saturated heterocycles. The Bertz CT molecular complexity index is 1250. The Labute approximate surface area is 215 Å². The minimum atomic E-state index is -4.41. The number of anilines is 1. The second-order valence-electron chi connectivity index (χ2n) is 10.1. The summed E-state index contributed by atoms with van der Waals surface area (Å²) in [6.45, 7) is 6.90. The summed E-state index contributed by atoms with van der Waals surface area (Å²) in [6.07, 6.45) is -4.13. The Morgan fingerprint density at radius 3 is 2.24 bits per heavy atom. The van der Waals surface area contributed by atoms with Crippen molar-refractivity contribution in [3.63, 3.8) is 0 Å². The number of alkyl halides is 3. The van der Waals surface area contributed by atoms with Gasteiger partial charge in [0.15, 0.2) is 0 Å². The van der Waals surface area contributed by atoms with Crippen molar-refractivity contribution in [2.24, 2.45) is 0 Å². The fourth-order valence-electron chi connectivity index (χ4n) is 4.26. The van der Waals surface area contributed by atoms with E-state index < -0.39 is 17.3 Å². The molecule has 1 aliphatic heterocycles. The van der Waals surface area contributed by atoms with Gasteiger partial charge in [0.1, 0.15) is 11.4 Å². The Kier molecular flexibility index (Phi) is 7.39. The lowest BCUT2D eigenvalue weighted by molar-refractivity contribution is -0.137. The number of benzene rings is 3. The molecule has 37 heavy (non-hydrogen) atoms. The normalized spacial score (nSPS) is 13.6. The molecule has 8 heteroatoms. The summed E-state index contributed by atoms with van der Waals surface area (Å²) in [6, 6.07) is 16.8. The lowest BCUT2D eigenvalue weighted by Gasteiger charge is -2.32. The first kappa shape index (κ1) is 26.4. The van der Waals surface area contributed by atoms with Crippen LogP contribution >= 0.6 is 0 Å². The van der Waals surface area contributed by atoms with Crippen LogP contribution in [0.15, 0.2) is 60.7 Å². The van der Waals surface area contributed by atoms with Crippen molar-refractivity contribution in [1.82, 2.24) is 4.90 Å². The summed E-state index contributed by atoms with van der Waals surface area (Å²) in [5.41, 5.74) is 4.02. The number of carbonyl (C=O) groups excluding carboxylic acids is 1. The van der Waals surface area contributed by atoms with Crippen molar-refractivity contribution in [3.05, 3.63) is 82.9 Å². The molecule has 196 valence electrons. The molecular formula is C29H31F3N2O3. The molecular weight excluding hydrogens is 481 g/mol. The molecule has 1 heterocycles. The summed E-state index contributed by atoms with van der Waals surface area (Å²) in [5.74, 6) is 0.762. The van der Waals surface area contributed by atoms with Crippen molar-refractivity contribution in [2.75, 3.05) is 19.0 Å². The second-order valence-corrected chi connectivity index (χ2v) is 10.1. The van der Waals surface area contributed by atoms with Gasteiger partial charge in [0, 0.05) is 30.9 Å². The number of fused-ring (bicyclic) bond motifs is 1. The van der Waals surface area contributed by atoms with Gasteiger partial charge in [0.25, 0.3) is 0 Å². The highest BCUT2D eigenvalue weighted by molar-refractivity contribution is 5.80. The molecule has 1 N–H and O–H groups in total. The van der Waals surface area contributed by atoms with Gasteiger partial charge in [0.2, 0.25) is 0 Å². The van der Waals surface area contributed by atoms with E-state index in [1.54, 1.807) is 12.0 Å². The maximum absolute atomic E-state index is 13.2. The maximum atomic E-state index is 13.2. The van der Waals surface area contributed by atoms with E-state index >= 15 is 0 Å². The Morgan fingerprint density at radius 2 is 1.65 bits per heavy atom. The first-order valence-corrected chi connectivity index (χ1v) is 12.1. The number of hydrogen-bond donors (Lipinski definition) is 1. The van der Waals surface area contributed by atoms with Gasteiger partial charge in [-0.3, -0.25) is 0 Å². The number of methoxy groups -OCH3 is 1. The lowest BCUT2D eigenvalue weighted by atomic mass is 9.92. The minimum Gasteiger partial charge on any atom is -0.497 e. The fourth-order valence-corrected chi connectivity index (χ4v) is 4.26. The number of carbonyl (C=O) groups is 1. The van der Waals surface area contributed by atoms with E-state index in [4.69, 9.17) is 9.47 Å². The average molecular weight is 513 g/mol. The van der Waals surface area contributed by atoms with Crippen LogP contribution < -0.4 is 10.1 Å². The van der Waals surface area contributed by atoms with Crippen LogP contribution in [0.5, 0.6) is 5.75 Å². The third kappa shape index (κ3) is 6.56. The third-order valence-electron chi connectivity index (χ3n) is 6.17. The average Bonchev–Trinajstić information content (AvgIpc) is 2.85. The monoisotopic (exact) mass is 512 g/mol. The van der Waals surface area contributed by atoms with Crippen LogP contribution in [-0.4, -0.2) is 30.2 Å². The summed E-state index contributed by atoms with van der Waals surface area (Å²) in [5, 5.41) is 3.46. The molecule has 0 fully saturated rings. The predicted octanol–water partition coefficient (Wildman–Crippen LogP) is 7.29. The molecule has 4 rings (SSSR count). The first-order chi connectivity index (χ1) is 17.4. The summed E-state index contributed by atoms with van der Waals surface area (Å²) >= 11 is 0. The molecule has 0 aliphatic carbocycles. The van der Waals surface area contributed by atoms with Crippen molar-refractivity contribution in [2.45, 2.75) is 52.1 Å². The number of rotatable bonds is 5. The predicted molar refractivity (Wildman–Crippen MR) is 138 cm³/mol. The first-order valence-electron chi connectivity index (χ1n) is 12.1. The lowest BCUT2D eigenvalue weighted by Crippen LogP contribution is -2.39. The topological polar surface area (TPSA) is 50.8 Å². The van der Waals surface area contributed by atoms with E-state index in [0.29, 0.717) is 31.6 Å². The largest absolute Gasteiger partial charge is 0.497 e. The van der Waals surface area contributed by atoms with Gasteiger partial charge in [-0.05, 0) is 85.8 Å². The van der Waals surface area contributed by atoms with Gasteiger partial charge >= 0.3 is 12.3 Å². The highest BCUT2D eigenvalue weighted by Crippen LogP contribution is 2.36. The summed E-state index contributed by atoms with van der Waals surface area (Å²) in [7, 11) is 1.61. The van der Waals surface area contributed by atoms with E-state index in [0.717, 1.165) is 45.8 Å². The number of nitrogens with zero attached hydrogens (tertiary/aromatic N) is 1. The SMILES string of the molecule is COc1ccc(CNc2cc3c(cc2-c2ccc(C(F)(F)F)cc2)CN(C(=O)OC(C)(C)C)CC3)cc1. The van der Waals surface area contributed by atoms with E-state index in [-0.39, 0.29) is 6.09 Å². The Hall–Kier alpha value is -3.68. The number of amides is 1. The van der Waals surface area contributed by atoms with Gasteiger partial charge in [-0.1, -0.05) is 24.3 Å². The standard InChI is InChI=1S/C29H31F3N2O3/c1-28(2,3)37-27(35)34-14-13-21-16-26(33-17-19-5-11-24(36-4)12-6-19)25(15-22(21)18-34)20-7-9-23(10-8-20)29(30,31)32/h5-12,15-16,33H,13-14,17-18H2,1-4H3. The van der Waals surface area contributed by atoms with Crippen molar-refractivity contribution in [3.8, 4) is 16.9 Å². The molecule has 1 amide bonds. The van der Waals surface area contributed by atoms with Crippen molar-refractivity contribution < 1.29 is 27.4 Å². The third-order valence-corrected chi connectivity index (χ3v) is 6.17. The molecule has 0 unspecified atom stereocenters. The zero-order valence-corrected chi connectivity index (χ0v) is 21.4. The van der Waals surface area contributed by atoms with Gasteiger partial charge < -0.3 is 19.7 Å².